The molecule has 0 fully saturated rings. The Bertz CT molecular complexity index is 591. The van der Waals surface area contributed by atoms with Gasteiger partial charge in [-0.15, -0.1) is 0 Å². The Labute approximate surface area is 125 Å². The van der Waals surface area contributed by atoms with Gasteiger partial charge in [-0.3, -0.25) is 10.1 Å². The predicted molar refractivity (Wildman–Crippen MR) is 80.5 cm³/mol. The number of halogens is 1. The highest BCUT2D eigenvalue weighted by molar-refractivity contribution is 9.10. The van der Waals surface area contributed by atoms with Gasteiger partial charge in [-0.25, -0.2) is 4.98 Å². The number of oxazole rings is 1. The molecule has 0 aliphatic heterocycles. The zero-order valence-electron chi connectivity index (χ0n) is 11.4. The molecule has 0 bridgehead atoms. The first-order valence-corrected chi connectivity index (χ1v) is 7.03. The largest absolute Gasteiger partial charge is 0.444 e. The van der Waals surface area contributed by atoms with Gasteiger partial charge in [0.05, 0.1) is 18.8 Å². The van der Waals surface area contributed by atoms with Crippen LogP contribution < -0.4 is 10.6 Å². The van der Waals surface area contributed by atoms with Crippen LogP contribution in [0.15, 0.2) is 33.2 Å². The normalized spacial score (nSPS) is 10.6. The Morgan fingerprint density at radius 3 is 2.85 bits per heavy atom. The molecule has 0 aliphatic carbocycles. The van der Waals surface area contributed by atoms with E-state index in [-0.39, 0.29) is 12.5 Å². The molecule has 1 heterocycles. The second-order valence-corrected chi connectivity index (χ2v) is 5.33. The number of nitrogens with one attached hydrogen (secondary N) is 2. The molecule has 0 saturated heterocycles. The maximum atomic E-state index is 11.7. The summed E-state index contributed by atoms with van der Waals surface area (Å²) >= 11 is 3.36. The van der Waals surface area contributed by atoms with Crippen molar-refractivity contribution in [3.8, 4) is 0 Å². The van der Waals surface area contributed by atoms with E-state index in [1.54, 1.807) is 0 Å². The fourth-order valence-corrected chi connectivity index (χ4v) is 2.07. The van der Waals surface area contributed by atoms with Crippen LogP contribution in [0.25, 0.3) is 0 Å². The molecule has 0 radical (unpaired) electrons. The van der Waals surface area contributed by atoms with E-state index < -0.39 is 0 Å². The Hall–Kier alpha value is -1.66. The van der Waals surface area contributed by atoms with Crippen LogP contribution in [0.5, 0.6) is 0 Å². The van der Waals surface area contributed by atoms with Gasteiger partial charge in [-0.2, -0.15) is 0 Å². The standard InChI is InChI=1S/C14H16BrN3O2/c1-9-10(2)20-14(17-9)8-16-7-13(19)18-12-5-3-4-11(15)6-12/h3-6,16H,7-8H2,1-2H3,(H,18,19). The van der Waals surface area contributed by atoms with Crippen molar-refractivity contribution in [3.63, 3.8) is 0 Å². The first-order valence-electron chi connectivity index (χ1n) is 6.23. The van der Waals surface area contributed by atoms with Crippen LogP contribution in [-0.2, 0) is 11.3 Å². The summed E-state index contributed by atoms with van der Waals surface area (Å²) in [5.74, 6) is 1.29. The van der Waals surface area contributed by atoms with Crippen LogP contribution in [-0.4, -0.2) is 17.4 Å². The van der Waals surface area contributed by atoms with Crippen molar-refractivity contribution < 1.29 is 9.21 Å². The summed E-state index contributed by atoms with van der Waals surface area (Å²) in [7, 11) is 0. The molecule has 2 rings (SSSR count). The van der Waals surface area contributed by atoms with Gasteiger partial charge in [0.2, 0.25) is 11.8 Å². The van der Waals surface area contributed by atoms with Gasteiger partial charge in [-0.1, -0.05) is 22.0 Å². The second kappa shape index (κ2) is 6.67. The van der Waals surface area contributed by atoms with Crippen LogP contribution in [0.3, 0.4) is 0 Å². The first-order chi connectivity index (χ1) is 9.54. The third-order valence-electron chi connectivity index (χ3n) is 2.74. The van der Waals surface area contributed by atoms with E-state index in [0.717, 1.165) is 21.6 Å². The van der Waals surface area contributed by atoms with E-state index in [2.05, 4.69) is 31.5 Å². The van der Waals surface area contributed by atoms with E-state index in [4.69, 9.17) is 4.42 Å². The molecule has 1 aromatic carbocycles. The zero-order valence-corrected chi connectivity index (χ0v) is 13.0. The monoisotopic (exact) mass is 337 g/mol. The van der Waals surface area contributed by atoms with Crippen LogP contribution >= 0.6 is 15.9 Å². The van der Waals surface area contributed by atoms with Crippen molar-refractivity contribution in [2.24, 2.45) is 0 Å². The SMILES string of the molecule is Cc1nc(CNCC(=O)Nc2cccc(Br)c2)oc1C. The molecule has 106 valence electrons. The molecule has 5 nitrogen and oxygen atoms in total. The van der Waals surface area contributed by atoms with Gasteiger partial charge in [0.25, 0.3) is 0 Å². The molecule has 1 aromatic heterocycles. The lowest BCUT2D eigenvalue weighted by Gasteiger charge is -2.05. The van der Waals surface area contributed by atoms with Gasteiger partial charge in [0, 0.05) is 10.2 Å². The van der Waals surface area contributed by atoms with Gasteiger partial charge in [0.15, 0.2) is 0 Å². The molecule has 0 atom stereocenters. The van der Waals surface area contributed by atoms with E-state index in [1.165, 1.54) is 0 Å². The summed E-state index contributed by atoms with van der Waals surface area (Å²) in [5.41, 5.74) is 1.63. The number of hydrogen-bond donors (Lipinski definition) is 2. The first kappa shape index (κ1) is 14.7. The van der Waals surface area contributed by atoms with E-state index in [1.807, 2.05) is 38.1 Å². The fourth-order valence-electron chi connectivity index (χ4n) is 1.67. The van der Waals surface area contributed by atoms with Gasteiger partial charge in [-0.05, 0) is 32.0 Å². The minimum Gasteiger partial charge on any atom is -0.444 e. The quantitative estimate of drug-likeness (QED) is 0.880. The van der Waals surface area contributed by atoms with Crippen molar-refractivity contribution in [2.75, 3.05) is 11.9 Å². The Balaban J connectivity index is 1.78. The van der Waals surface area contributed by atoms with Gasteiger partial charge >= 0.3 is 0 Å². The summed E-state index contributed by atoms with van der Waals surface area (Å²) in [6, 6.07) is 7.45. The minimum absolute atomic E-state index is 0.108. The third kappa shape index (κ3) is 4.18. The van der Waals surface area contributed by atoms with Crippen LogP contribution in [0, 0.1) is 13.8 Å². The molecular formula is C14H16BrN3O2. The number of amides is 1. The molecule has 6 heteroatoms. The molecule has 0 spiro atoms. The molecular weight excluding hydrogens is 322 g/mol. The second-order valence-electron chi connectivity index (χ2n) is 4.41. The van der Waals surface area contributed by atoms with E-state index in [0.29, 0.717) is 12.4 Å². The Morgan fingerprint density at radius 2 is 2.20 bits per heavy atom. The minimum atomic E-state index is -0.108. The maximum Gasteiger partial charge on any atom is 0.238 e. The van der Waals surface area contributed by atoms with Crippen molar-refractivity contribution in [1.29, 1.82) is 0 Å². The molecule has 0 saturated carbocycles. The average Bonchev–Trinajstić information content (AvgIpc) is 2.68. The predicted octanol–water partition coefficient (Wildman–Crippen LogP) is 2.78. The molecule has 20 heavy (non-hydrogen) atoms. The number of carbonyl (C=O) groups excluding carboxylic acids is 1. The van der Waals surface area contributed by atoms with Crippen molar-refractivity contribution in [2.45, 2.75) is 20.4 Å². The summed E-state index contributed by atoms with van der Waals surface area (Å²) in [6.07, 6.45) is 0. The summed E-state index contributed by atoms with van der Waals surface area (Å²) in [5, 5.41) is 5.80. The number of aryl methyl sites for hydroxylation is 2. The molecule has 0 aliphatic rings. The Kier molecular flexibility index (Phi) is 4.92. The maximum absolute atomic E-state index is 11.7. The summed E-state index contributed by atoms with van der Waals surface area (Å²) in [6.45, 7) is 4.39. The van der Waals surface area contributed by atoms with Crippen molar-refractivity contribution in [1.82, 2.24) is 10.3 Å². The van der Waals surface area contributed by atoms with Crippen LogP contribution in [0.2, 0.25) is 0 Å². The number of rotatable bonds is 5. The van der Waals surface area contributed by atoms with Crippen molar-refractivity contribution >= 4 is 27.5 Å². The van der Waals surface area contributed by atoms with Crippen molar-refractivity contribution in [3.05, 3.63) is 46.1 Å². The lowest BCUT2D eigenvalue weighted by atomic mass is 10.3. The highest BCUT2D eigenvalue weighted by Gasteiger charge is 2.06. The number of benzene rings is 1. The van der Waals surface area contributed by atoms with Crippen LogP contribution in [0.1, 0.15) is 17.3 Å². The number of anilines is 1. The topological polar surface area (TPSA) is 67.2 Å². The zero-order chi connectivity index (χ0) is 14.5. The average molecular weight is 338 g/mol. The highest BCUT2D eigenvalue weighted by atomic mass is 79.9. The number of carbonyl (C=O) groups is 1. The number of nitrogens with zero attached hydrogens (tertiary/aromatic N) is 1. The molecule has 1 amide bonds. The smallest absolute Gasteiger partial charge is 0.238 e. The van der Waals surface area contributed by atoms with E-state index >= 15 is 0 Å². The van der Waals surface area contributed by atoms with E-state index in [9.17, 15) is 4.79 Å². The highest BCUT2D eigenvalue weighted by Crippen LogP contribution is 2.15. The lowest BCUT2D eigenvalue weighted by Crippen LogP contribution is -2.27. The third-order valence-corrected chi connectivity index (χ3v) is 3.24. The lowest BCUT2D eigenvalue weighted by molar-refractivity contribution is -0.115. The van der Waals surface area contributed by atoms with Crippen LogP contribution in [0.4, 0.5) is 5.69 Å². The summed E-state index contributed by atoms with van der Waals surface area (Å²) < 4.78 is 6.34. The molecule has 2 N–H and O–H groups in total. The Morgan fingerprint density at radius 1 is 1.40 bits per heavy atom. The molecule has 0 unspecified atom stereocenters. The van der Waals surface area contributed by atoms with Gasteiger partial charge in [0.1, 0.15) is 5.76 Å². The molecule has 2 aromatic rings. The number of aromatic nitrogens is 1. The fraction of sp³-hybridized carbons (Fsp3) is 0.286. The number of hydrogen-bond acceptors (Lipinski definition) is 4. The van der Waals surface area contributed by atoms with Gasteiger partial charge < -0.3 is 9.73 Å². The summed E-state index contributed by atoms with van der Waals surface area (Å²) in [4.78, 5) is 16.0.